The van der Waals surface area contributed by atoms with Crippen molar-refractivity contribution in [1.29, 1.82) is 0 Å². The van der Waals surface area contributed by atoms with Crippen LogP contribution in [0.2, 0.25) is 0 Å². The molecule has 4 atom stereocenters. The molecule has 5 rings (SSSR count). The van der Waals surface area contributed by atoms with Crippen LogP contribution in [0.4, 0.5) is 5.69 Å². The summed E-state index contributed by atoms with van der Waals surface area (Å²) < 4.78 is 59.6. The van der Waals surface area contributed by atoms with E-state index >= 15 is 0 Å². The number of rotatable bonds is 20. The molecule has 14 heteroatoms. The van der Waals surface area contributed by atoms with Gasteiger partial charge in [0.05, 0.1) is 49.7 Å². The summed E-state index contributed by atoms with van der Waals surface area (Å²) in [5.74, 6) is 0.516. The van der Waals surface area contributed by atoms with Crippen molar-refractivity contribution in [3.8, 4) is 5.75 Å². The molecule has 3 aromatic rings. The van der Waals surface area contributed by atoms with E-state index in [1.165, 1.54) is 10.6 Å². The molecule has 0 unspecified atom stereocenters. The molecule has 1 saturated heterocycles. The number of benzene rings is 3. The first-order valence-corrected chi connectivity index (χ1v) is 20.8. The average molecular weight is 794 g/mol. The van der Waals surface area contributed by atoms with Crippen molar-refractivity contribution in [2.24, 2.45) is 11.0 Å². The number of sulfonamides is 1. The maximum atomic E-state index is 14.4. The highest BCUT2D eigenvalue weighted by atomic mass is 32.2. The first kappa shape index (κ1) is 43.1. The number of nitrogens with one attached hydrogen (secondary N) is 1. The maximum Gasteiger partial charge on any atom is 0.243 e. The topological polar surface area (TPSA) is 131 Å². The fraction of sp³-hybridized carbons (Fsp3) is 0.524. The number of amides is 1. The molecule has 2 aliphatic rings. The van der Waals surface area contributed by atoms with Crippen molar-refractivity contribution in [3.63, 3.8) is 0 Å². The van der Waals surface area contributed by atoms with Gasteiger partial charge in [-0.2, -0.15) is 9.41 Å². The predicted octanol–water partition coefficient (Wildman–Crippen LogP) is 5.17. The molecule has 56 heavy (non-hydrogen) atoms. The number of aryl methyl sites for hydroxylation is 1. The van der Waals surface area contributed by atoms with Crippen LogP contribution >= 0.6 is 0 Å². The van der Waals surface area contributed by atoms with Gasteiger partial charge in [-0.1, -0.05) is 55.0 Å². The number of hydrogen-bond acceptors (Lipinski definition) is 10. The Hall–Kier alpha value is -4.05. The van der Waals surface area contributed by atoms with Crippen molar-refractivity contribution in [3.05, 3.63) is 89.0 Å². The number of carbonyl (C=O) groups excluding carboxylic acids is 1. The summed E-state index contributed by atoms with van der Waals surface area (Å²) in [6.07, 6.45) is 2.14. The summed E-state index contributed by atoms with van der Waals surface area (Å²) in [6.45, 7) is 8.90. The van der Waals surface area contributed by atoms with Gasteiger partial charge in [0.15, 0.2) is 0 Å². The monoisotopic (exact) mass is 793 g/mol. The van der Waals surface area contributed by atoms with Gasteiger partial charge < -0.3 is 33.5 Å². The Kier molecular flexibility index (Phi) is 16.1. The number of anilines is 1. The minimum Gasteiger partial charge on any atom is -0.490 e. The smallest absolute Gasteiger partial charge is 0.243 e. The quantitative estimate of drug-likeness (QED) is 0.0708. The Morgan fingerprint density at radius 2 is 1.77 bits per heavy atom. The van der Waals surface area contributed by atoms with Gasteiger partial charge in [0.25, 0.3) is 0 Å². The van der Waals surface area contributed by atoms with Crippen LogP contribution in [0.5, 0.6) is 5.75 Å². The molecule has 0 saturated carbocycles. The van der Waals surface area contributed by atoms with E-state index in [-0.39, 0.29) is 42.2 Å². The second-order valence-electron chi connectivity index (χ2n) is 15.0. The van der Waals surface area contributed by atoms with Crippen LogP contribution in [0.1, 0.15) is 54.4 Å². The third-order valence-electron chi connectivity index (χ3n) is 10.0. The Labute approximate surface area is 332 Å². The van der Waals surface area contributed by atoms with Crippen LogP contribution in [0.15, 0.2) is 76.7 Å². The number of methoxy groups -OCH3 is 2. The minimum atomic E-state index is -4.02. The molecule has 1 amide bonds. The highest BCUT2D eigenvalue weighted by Gasteiger charge is 2.43. The molecule has 2 heterocycles. The Bertz CT molecular complexity index is 1820. The summed E-state index contributed by atoms with van der Waals surface area (Å²) in [7, 11) is 2.97. The van der Waals surface area contributed by atoms with Gasteiger partial charge in [0.1, 0.15) is 18.7 Å². The molecular weight excluding hydrogens is 735 g/mol. The van der Waals surface area contributed by atoms with E-state index in [2.05, 4.69) is 40.5 Å². The maximum absolute atomic E-state index is 14.4. The molecule has 1 fully saturated rings. The van der Waals surface area contributed by atoms with Gasteiger partial charge in [-0.05, 0) is 60.7 Å². The molecule has 0 aliphatic carbocycles. The van der Waals surface area contributed by atoms with E-state index < -0.39 is 22.2 Å². The van der Waals surface area contributed by atoms with Crippen LogP contribution in [-0.4, -0.2) is 116 Å². The van der Waals surface area contributed by atoms with Crippen LogP contribution < -0.4 is 15.1 Å². The van der Waals surface area contributed by atoms with Gasteiger partial charge in [-0.25, -0.2) is 13.8 Å². The molecule has 0 spiro atoms. The average Bonchev–Trinajstić information content (AvgIpc) is 3.17. The van der Waals surface area contributed by atoms with E-state index in [9.17, 15) is 13.2 Å². The van der Waals surface area contributed by atoms with Crippen molar-refractivity contribution >= 4 is 28.0 Å². The van der Waals surface area contributed by atoms with E-state index in [4.69, 9.17) is 23.7 Å². The second-order valence-corrected chi connectivity index (χ2v) is 16.9. The normalized spacial score (nSPS) is 19.4. The lowest BCUT2D eigenvalue weighted by atomic mass is 9.83. The zero-order valence-corrected chi connectivity index (χ0v) is 34.5. The molecule has 0 radical (unpaired) electrons. The van der Waals surface area contributed by atoms with Gasteiger partial charge in [-0.15, -0.1) is 0 Å². The Balaban J connectivity index is 1.44. The fourth-order valence-electron chi connectivity index (χ4n) is 7.15. The summed E-state index contributed by atoms with van der Waals surface area (Å²) >= 11 is 0. The lowest BCUT2D eigenvalue weighted by Gasteiger charge is -2.43. The van der Waals surface area contributed by atoms with Gasteiger partial charge in [-0.3, -0.25) is 4.79 Å². The Morgan fingerprint density at radius 1 is 1.02 bits per heavy atom. The van der Waals surface area contributed by atoms with E-state index in [1.807, 2.05) is 31.2 Å². The molecular formula is C42H59N5O8S. The standard InChI is InChI=1S/C42H59N5O8S/c1-31-8-15-37(16-9-31)56(49,50)47-25-41(55-29-34-12-17-40-39(22-34)46(19-21-54-40)18-7-20-51-5)38(23-36(47)24-42(48)44-43-30-45(3)4)35-13-10-33(11-14-35)28-53-27-32(2)26-52-6/h8-17,22,30,32,36,38,41H,7,18-21,23-29H2,1-6H3,(H,44,48)/b43-30-/t32-,36+,38+,41-/m0/s1. The first-order valence-electron chi connectivity index (χ1n) is 19.3. The molecule has 2 aliphatic heterocycles. The number of carbonyl (C=O) groups is 1. The van der Waals surface area contributed by atoms with Crippen molar-refractivity contribution in [2.45, 2.75) is 69.3 Å². The highest BCUT2D eigenvalue weighted by molar-refractivity contribution is 7.89. The molecule has 306 valence electrons. The summed E-state index contributed by atoms with van der Waals surface area (Å²) in [5.41, 5.74) is 7.51. The minimum absolute atomic E-state index is 0.0548. The van der Waals surface area contributed by atoms with Crippen LogP contribution in [0.25, 0.3) is 0 Å². The molecule has 13 nitrogen and oxygen atoms in total. The lowest BCUT2D eigenvalue weighted by Crippen LogP contribution is -2.53. The fourth-order valence-corrected chi connectivity index (χ4v) is 8.80. The van der Waals surface area contributed by atoms with Crippen LogP contribution in [-0.2, 0) is 47.0 Å². The van der Waals surface area contributed by atoms with E-state index in [1.54, 1.807) is 57.5 Å². The SMILES string of the molecule is COCCCN1CCOc2ccc(CO[C@H]3CN(S(=O)(=O)c4ccc(C)cc4)[C@@H](CC(=O)N/N=C\N(C)C)C[C@@H]3c3ccc(COC[C@@H](C)COC)cc3)cc21. The van der Waals surface area contributed by atoms with Gasteiger partial charge in [0.2, 0.25) is 15.9 Å². The zero-order chi connectivity index (χ0) is 40.1. The summed E-state index contributed by atoms with van der Waals surface area (Å²) in [6, 6.07) is 20.4. The number of hydrogen-bond donors (Lipinski definition) is 1. The van der Waals surface area contributed by atoms with E-state index in [0.717, 1.165) is 53.2 Å². The predicted molar refractivity (Wildman–Crippen MR) is 218 cm³/mol. The molecule has 0 aromatic heterocycles. The number of ether oxygens (including phenoxy) is 5. The highest BCUT2D eigenvalue weighted by Crippen LogP contribution is 2.39. The van der Waals surface area contributed by atoms with Crippen LogP contribution in [0, 0.1) is 12.8 Å². The Morgan fingerprint density at radius 3 is 2.48 bits per heavy atom. The third kappa shape index (κ3) is 12.0. The third-order valence-corrected chi connectivity index (χ3v) is 12.0. The first-order chi connectivity index (χ1) is 27.0. The zero-order valence-electron chi connectivity index (χ0n) is 33.7. The summed E-state index contributed by atoms with van der Waals surface area (Å²) in [5, 5.41) is 4.03. The van der Waals surface area contributed by atoms with Gasteiger partial charge >= 0.3 is 0 Å². The number of hydrazone groups is 1. The number of fused-ring (bicyclic) bond motifs is 1. The molecule has 3 aromatic carbocycles. The summed E-state index contributed by atoms with van der Waals surface area (Å²) in [4.78, 5) is 17.5. The van der Waals surface area contributed by atoms with Crippen molar-refractivity contribution in [2.75, 3.05) is 79.3 Å². The molecule has 0 bridgehead atoms. The number of nitrogens with zero attached hydrogens (tertiary/aromatic N) is 4. The second kappa shape index (κ2) is 20.9. The largest absolute Gasteiger partial charge is 0.490 e. The van der Waals surface area contributed by atoms with E-state index in [0.29, 0.717) is 39.5 Å². The molecule has 1 N–H and O–H groups in total. The lowest BCUT2D eigenvalue weighted by molar-refractivity contribution is -0.122. The van der Waals surface area contributed by atoms with Crippen molar-refractivity contribution in [1.82, 2.24) is 14.6 Å². The van der Waals surface area contributed by atoms with Gasteiger partial charge in [0, 0.05) is 72.3 Å². The van der Waals surface area contributed by atoms with Crippen molar-refractivity contribution < 1.29 is 36.9 Å². The van der Waals surface area contributed by atoms with Crippen LogP contribution in [0.3, 0.4) is 0 Å². The number of piperidine rings is 1.